The van der Waals surface area contributed by atoms with Crippen molar-refractivity contribution in [1.82, 2.24) is 20.9 Å². The highest BCUT2D eigenvalue weighted by molar-refractivity contribution is 6.37. The molecule has 1 saturated heterocycles. The minimum atomic E-state index is -1.07. The molecule has 1 heterocycles. The van der Waals surface area contributed by atoms with E-state index in [9.17, 15) is 24.0 Å². The number of likely N-dealkylation sites (tertiary alicyclic amines) is 1. The van der Waals surface area contributed by atoms with Crippen LogP contribution < -0.4 is 21.7 Å². The molecule has 5 N–H and O–H groups in total. The molecular formula is C26H45N5O5. The molecule has 1 aliphatic heterocycles. The molecule has 2 unspecified atom stereocenters. The number of urea groups is 1. The predicted molar refractivity (Wildman–Crippen MR) is 137 cm³/mol. The third-order valence-corrected chi connectivity index (χ3v) is 7.25. The van der Waals surface area contributed by atoms with Crippen molar-refractivity contribution in [3.05, 3.63) is 0 Å². The lowest BCUT2D eigenvalue weighted by Crippen LogP contribution is -2.59. The van der Waals surface area contributed by atoms with Crippen LogP contribution in [0.4, 0.5) is 4.79 Å². The molecule has 2 fully saturated rings. The SMILES string of the molecule is CC(C)CC(NC(=O)NC(C)C)C(=O)N1CC[C@H](C(C)C)[C@H]1C(=O)NC(CC1CCC1)C(=O)C(N)=O. The maximum absolute atomic E-state index is 13.7. The fraction of sp³-hybridized carbons (Fsp3) is 0.808. The number of Topliss-reactive ketones (excluding diaryl/α,β-unsaturated/α-hetero) is 1. The fourth-order valence-electron chi connectivity index (χ4n) is 5.17. The van der Waals surface area contributed by atoms with Gasteiger partial charge in [-0.3, -0.25) is 19.2 Å². The Bertz CT molecular complexity index is 824. The number of primary amides is 1. The van der Waals surface area contributed by atoms with Gasteiger partial charge in [-0.1, -0.05) is 47.0 Å². The molecule has 0 aromatic heterocycles. The van der Waals surface area contributed by atoms with E-state index in [-0.39, 0.29) is 35.6 Å². The number of carbonyl (C=O) groups is 5. The van der Waals surface area contributed by atoms with Crippen LogP contribution in [0, 0.1) is 23.7 Å². The number of nitrogens with one attached hydrogen (secondary N) is 3. The summed E-state index contributed by atoms with van der Waals surface area (Å²) < 4.78 is 0. The molecule has 36 heavy (non-hydrogen) atoms. The van der Waals surface area contributed by atoms with Crippen molar-refractivity contribution >= 4 is 29.5 Å². The summed E-state index contributed by atoms with van der Waals surface area (Å²) in [6.07, 6.45) is 4.37. The Morgan fingerprint density at radius 3 is 2.00 bits per heavy atom. The van der Waals surface area contributed by atoms with Crippen LogP contribution in [0.25, 0.3) is 0 Å². The zero-order valence-corrected chi connectivity index (χ0v) is 22.6. The molecule has 0 bridgehead atoms. The molecule has 0 spiro atoms. The van der Waals surface area contributed by atoms with E-state index < -0.39 is 41.8 Å². The van der Waals surface area contributed by atoms with Crippen molar-refractivity contribution in [1.29, 1.82) is 0 Å². The molecule has 2 rings (SSSR count). The van der Waals surface area contributed by atoms with E-state index in [4.69, 9.17) is 5.73 Å². The van der Waals surface area contributed by atoms with Crippen molar-refractivity contribution < 1.29 is 24.0 Å². The fourth-order valence-corrected chi connectivity index (χ4v) is 5.17. The molecule has 0 radical (unpaired) electrons. The second-order valence-electron chi connectivity index (χ2n) is 11.4. The number of hydrogen-bond donors (Lipinski definition) is 4. The summed E-state index contributed by atoms with van der Waals surface area (Å²) in [5.74, 6) is -2.26. The third kappa shape index (κ3) is 7.93. The average Bonchev–Trinajstić information content (AvgIpc) is 3.18. The van der Waals surface area contributed by atoms with Crippen LogP contribution >= 0.6 is 0 Å². The Morgan fingerprint density at radius 2 is 1.53 bits per heavy atom. The minimum absolute atomic E-state index is 0.0918. The summed E-state index contributed by atoms with van der Waals surface area (Å²) in [4.78, 5) is 65.4. The summed E-state index contributed by atoms with van der Waals surface area (Å²) in [5, 5.41) is 8.31. The van der Waals surface area contributed by atoms with Crippen molar-refractivity contribution in [3.8, 4) is 0 Å². The maximum atomic E-state index is 13.7. The van der Waals surface area contributed by atoms with Crippen LogP contribution in [0.2, 0.25) is 0 Å². The first kappa shape index (κ1) is 29.6. The van der Waals surface area contributed by atoms with Crippen molar-refractivity contribution in [2.75, 3.05) is 6.54 Å². The Balaban J connectivity index is 2.27. The van der Waals surface area contributed by atoms with Crippen LogP contribution in [-0.4, -0.2) is 65.1 Å². The van der Waals surface area contributed by atoms with E-state index in [1.807, 2.05) is 41.5 Å². The number of rotatable bonds is 12. The monoisotopic (exact) mass is 507 g/mol. The smallest absolute Gasteiger partial charge is 0.315 e. The number of ketones is 1. The molecule has 1 aliphatic carbocycles. The molecule has 0 aromatic carbocycles. The topological polar surface area (TPSA) is 151 Å². The number of carbonyl (C=O) groups excluding carboxylic acids is 5. The third-order valence-electron chi connectivity index (χ3n) is 7.25. The molecule has 4 atom stereocenters. The highest BCUT2D eigenvalue weighted by Crippen LogP contribution is 2.33. The standard InChI is InChI=1S/C26H45N5O5/c1-14(2)12-20(30-26(36)28-16(5)6)25(35)31-11-10-18(15(3)4)21(31)24(34)29-19(22(32)23(27)33)13-17-8-7-9-17/h14-21H,7-13H2,1-6H3,(H2,27,33)(H,29,34)(H2,28,30,36)/t18-,19?,20?,21+/m1/s1. The first-order valence-electron chi connectivity index (χ1n) is 13.3. The van der Waals surface area contributed by atoms with E-state index in [0.717, 1.165) is 19.3 Å². The van der Waals surface area contributed by atoms with Gasteiger partial charge in [-0.25, -0.2) is 4.79 Å². The lowest BCUT2D eigenvalue weighted by molar-refractivity contribution is -0.143. The average molecular weight is 508 g/mol. The van der Waals surface area contributed by atoms with Gasteiger partial charge in [-0.2, -0.15) is 0 Å². The lowest BCUT2D eigenvalue weighted by Gasteiger charge is -2.34. The highest BCUT2D eigenvalue weighted by atomic mass is 16.2. The van der Waals surface area contributed by atoms with Gasteiger partial charge in [0.25, 0.3) is 5.91 Å². The summed E-state index contributed by atoms with van der Waals surface area (Å²) in [7, 11) is 0. The van der Waals surface area contributed by atoms with E-state index in [2.05, 4.69) is 16.0 Å². The molecule has 204 valence electrons. The zero-order chi connectivity index (χ0) is 27.2. The molecule has 5 amide bonds. The number of nitrogens with two attached hydrogens (primary N) is 1. The molecular weight excluding hydrogens is 462 g/mol. The summed E-state index contributed by atoms with van der Waals surface area (Å²) in [6, 6.07) is -3.11. The van der Waals surface area contributed by atoms with Gasteiger partial charge in [0.05, 0.1) is 6.04 Å². The number of nitrogens with zero attached hydrogens (tertiary/aromatic N) is 1. The lowest BCUT2D eigenvalue weighted by atomic mass is 9.80. The number of amides is 5. The molecule has 2 aliphatic rings. The van der Waals surface area contributed by atoms with E-state index in [1.54, 1.807) is 0 Å². The summed E-state index contributed by atoms with van der Waals surface area (Å²) in [6.45, 7) is 12.0. The summed E-state index contributed by atoms with van der Waals surface area (Å²) in [5.41, 5.74) is 5.27. The Hall–Kier alpha value is -2.65. The molecule has 0 aromatic rings. The van der Waals surface area contributed by atoms with Gasteiger partial charge in [0.15, 0.2) is 0 Å². The number of hydrogen-bond acceptors (Lipinski definition) is 5. The quantitative estimate of drug-likeness (QED) is 0.297. The van der Waals surface area contributed by atoms with Gasteiger partial charge in [-0.05, 0) is 56.8 Å². The van der Waals surface area contributed by atoms with E-state index in [0.29, 0.717) is 25.8 Å². The first-order chi connectivity index (χ1) is 16.8. The Labute approximate surface area is 214 Å². The first-order valence-corrected chi connectivity index (χ1v) is 13.3. The molecule has 10 nitrogen and oxygen atoms in total. The van der Waals surface area contributed by atoms with Crippen molar-refractivity contribution in [2.45, 2.75) is 104 Å². The highest BCUT2D eigenvalue weighted by Gasteiger charge is 2.46. The van der Waals surface area contributed by atoms with Crippen LogP contribution in [0.3, 0.4) is 0 Å². The van der Waals surface area contributed by atoms with Crippen LogP contribution in [0.1, 0.15) is 80.1 Å². The van der Waals surface area contributed by atoms with Gasteiger partial charge >= 0.3 is 6.03 Å². The van der Waals surface area contributed by atoms with E-state index >= 15 is 0 Å². The van der Waals surface area contributed by atoms with Crippen LogP contribution in [0.5, 0.6) is 0 Å². The Kier molecular flexibility index (Phi) is 10.7. The summed E-state index contributed by atoms with van der Waals surface area (Å²) >= 11 is 0. The van der Waals surface area contributed by atoms with Gasteiger partial charge in [-0.15, -0.1) is 0 Å². The van der Waals surface area contributed by atoms with Crippen molar-refractivity contribution in [2.24, 2.45) is 29.4 Å². The zero-order valence-electron chi connectivity index (χ0n) is 22.6. The van der Waals surface area contributed by atoms with Crippen LogP contribution in [0.15, 0.2) is 0 Å². The van der Waals surface area contributed by atoms with Gasteiger partial charge in [0.2, 0.25) is 17.6 Å². The second kappa shape index (κ2) is 13.1. The second-order valence-corrected chi connectivity index (χ2v) is 11.4. The predicted octanol–water partition coefficient (Wildman–Crippen LogP) is 1.71. The largest absolute Gasteiger partial charge is 0.363 e. The maximum Gasteiger partial charge on any atom is 0.315 e. The van der Waals surface area contributed by atoms with Crippen molar-refractivity contribution in [3.63, 3.8) is 0 Å². The normalized spacial score (nSPS) is 21.8. The minimum Gasteiger partial charge on any atom is -0.363 e. The molecule has 10 heteroatoms. The van der Waals surface area contributed by atoms with Gasteiger partial charge in [0, 0.05) is 12.6 Å². The van der Waals surface area contributed by atoms with Crippen LogP contribution in [-0.2, 0) is 19.2 Å². The van der Waals surface area contributed by atoms with Gasteiger partial charge in [0.1, 0.15) is 12.1 Å². The Morgan fingerprint density at radius 1 is 0.889 bits per heavy atom. The molecule has 1 saturated carbocycles. The van der Waals surface area contributed by atoms with E-state index in [1.165, 1.54) is 4.90 Å². The van der Waals surface area contributed by atoms with Gasteiger partial charge < -0.3 is 26.6 Å².